The van der Waals surface area contributed by atoms with Crippen LogP contribution in [0, 0.1) is 23.7 Å². The average Bonchev–Trinajstić information content (AvgIpc) is 3.67. The molecule has 216 valence electrons. The first kappa shape index (κ1) is 28.7. The van der Waals surface area contributed by atoms with Crippen LogP contribution in [0.25, 0.3) is 0 Å². The van der Waals surface area contributed by atoms with Gasteiger partial charge < -0.3 is 20.8 Å². The summed E-state index contributed by atoms with van der Waals surface area (Å²) in [5.41, 5.74) is 4.73. The second-order valence-corrected chi connectivity index (χ2v) is 12.0. The molecule has 0 amide bonds. The fraction of sp³-hybridized carbons (Fsp3) is 0.562. The zero-order valence-corrected chi connectivity index (χ0v) is 23.4. The van der Waals surface area contributed by atoms with Crippen LogP contribution >= 0.6 is 0 Å². The second kappa shape index (κ2) is 13.7. The van der Waals surface area contributed by atoms with Crippen molar-refractivity contribution in [3.8, 4) is 0 Å². The molecule has 0 aromatic heterocycles. The molecule has 5 rings (SSSR count). The van der Waals surface area contributed by atoms with Gasteiger partial charge in [0.1, 0.15) is 0 Å². The van der Waals surface area contributed by atoms with E-state index in [-0.39, 0.29) is 23.7 Å². The van der Waals surface area contributed by atoms with E-state index in [1.807, 2.05) is 0 Å². The van der Waals surface area contributed by atoms with Gasteiger partial charge in [0, 0.05) is 39.3 Å². The zero-order valence-electron chi connectivity index (χ0n) is 23.4. The smallest absolute Gasteiger partial charge is 0.307 e. The number of carbonyl (C=O) groups is 2. The van der Waals surface area contributed by atoms with Crippen LogP contribution in [0.2, 0.25) is 0 Å². The highest BCUT2D eigenvalue weighted by molar-refractivity contribution is 5.71. The number of aliphatic carboxylic acids is 2. The third-order valence-corrected chi connectivity index (χ3v) is 9.14. The van der Waals surface area contributed by atoms with Crippen LogP contribution in [-0.4, -0.2) is 84.3 Å². The fourth-order valence-corrected chi connectivity index (χ4v) is 6.79. The molecule has 0 unspecified atom stereocenters. The molecule has 8 nitrogen and oxygen atoms in total. The van der Waals surface area contributed by atoms with Gasteiger partial charge >= 0.3 is 11.9 Å². The van der Waals surface area contributed by atoms with Gasteiger partial charge in [-0.1, -0.05) is 48.5 Å². The number of hydrogen-bond acceptors (Lipinski definition) is 6. The van der Waals surface area contributed by atoms with Gasteiger partial charge in [-0.3, -0.25) is 19.4 Å². The van der Waals surface area contributed by atoms with Crippen LogP contribution in [0.15, 0.2) is 48.5 Å². The molecule has 0 aliphatic carbocycles. The van der Waals surface area contributed by atoms with Crippen LogP contribution in [0.3, 0.4) is 0 Å². The van der Waals surface area contributed by atoms with Gasteiger partial charge in [-0.25, -0.2) is 0 Å². The number of rotatable bonds is 12. The van der Waals surface area contributed by atoms with Crippen LogP contribution in [0.5, 0.6) is 0 Å². The molecule has 3 aliphatic rings. The van der Waals surface area contributed by atoms with Crippen LogP contribution in [0.4, 0.5) is 0 Å². The van der Waals surface area contributed by atoms with E-state index in [4.69, 9.17) is 0 Å². The van der Waals surface area contributed by atoms with E-state index in [9.17, 15) is 19.8 Å². The van der Waals surface area contributed by atoms with Crippen molar-refractivity contribution in [3.63, 3.8) is 0 Å². The molecule has 3 fully saturated rings. The van der Waals surface area contributed by atoms with E-state index in [1.54, 1.807) is 0 Å². The Bertz CT molecular complexity index is 1050. The van der Waals surface area contributed by atoms with Crippen LogP contribution < -0.4 is 10.6 Å². The summed E-state index contributed by atoms with van der Waals surface area (Å²) in [6.07, 6.45) is 3.05. The minimum absolute atomic E-state index is 0.207. The van der Waals surface area contributed by atoms with Crippen molar-refractivity contribution in [1.82, 2.24) is 20.4 Å². The number of nitrogens with one attached hydrogen (secondary N) is 2. The zero-order chi connectivity index (χ0) is 27.9. The molecule has 40 heavy (non-hydrogen) atoms. The number of benzene rings is 2. The van der Waals surface area contributed by atoms with Gasteiger partial charge in [-0.05, 0) is 86.0 Å². The lowest BCUT2D eigenvalue weighted by Gasteiger charge is -2.35. The third kappa shape index (κ3) is 7.69. The topological polar surface area (TPSA) is 105 Å². The second-order valence-electron chi connectivity index (χ2n) is 12.0. The molecular weight excluding hydrogens is 504 g/mol. The van der Waals surface area contributed by atoms with Gasteiger partial charge in [-0.15, -0.1) is 0 Å². The number of hydrogen-bond donors (Lipinski definition) is 4. The molecule has 2 aromatic rings. The minimum atomic E-state index is -0.687. The standard InChI is InChI=1S/C32H44N4O4/c37-31(38)29(27-7-9-33-19-27)17-23-3-1-5-25(15-23)21-35-11-13-36(14-12-35)22-26-6-2-4-24(16-26)18-30(32(39)40)28-8-10-34-20-28/h1-6,15-16,27-30,33-34H,7-14,17-22H2,(H,37,38)(H,39,40)/t27-,28-,29-,30-/m0/s1. The minimum Gasteiger partial charge on any atom is -0.481 e. The predicted molar refractivity (Wildman–Crippen MR) is 155 cm³/mol. The SMILES string of the molecule is O=C(O)[C@@H](Cc1cccc(CN2CCN(Cc3cccc(C[C@H](C(=O)O)[C@H]4CCNC4)c3)CC2)c1)[C@H]1CCNC1. The Labute approximate surface area is 237 Å². The van der Waals surface area contributed by atoms with E-state index in [2.05, 4.69) is 69.0 Å². The number of nitrogens with zero attached hydrogens (tertiary/aromatic N) is 2. The normalized spacial score (nSPS) is 23.7. The number of piperazine rings is 1. The summed E-state index contributed by atoms with van der Waals surface area (Å²) < 4.78 is 0. The first-order valence-electron chi connectivity index (χ1n) is 14.9. The summed E-state index contributed by atoms with van der Waals surface area (Å²) >= 11 is 0. The fourth-order valence-electron chi connectivity index (χ4n) is 6.79. The lowest BCUT2D eigenvalue weighted by atomic mass is 9.86. The highest BCUT2D eigenvalue weighted by Gasteiger charge is 2.31. The summed E-state index contributed by atoms with van der Waals surface area (Å²) in [5.74, 6) is -1.62. The van der Waals surface area contributed by atoms with Crippen molar-refractivity contribution in [1.29, 1.82) is 0 Å². The molecule has 0 spiro atoms. The van der Waals surface area contributed by atoms with E-state index >= 15 is 0 Å². The Balaban J connectivity index is 1.11. The Morgan fingerprint density at radius 2 is 1.10 bits per heavy atom. The molecule has 3 saturated heterocycles. The predicted octanol–water partition coefficient (Wildman–Crippen LogP) is 2.71. The van der Waals surface area contributed by atoms with E-state index in [0.717, 1.165) is 89.4 Å². The summed E-state index contributed by atoms with van der Waals surface area (Å²) in [4.78, 5) is 28.8. The van der Waals surface area contributed by atoms with Gasteiger partial charge in [-0.2, -0.15) is 0 Å². The Morgan fingerprint density at radius 3 is 1.45 bits per heavy atom. The monoisotopic (exact) mass is 548 g/mol. The first-order valence-corrected chi connectivity index (χ1v) is 14.9. The van der Waals surface area contributed by atoms with Crippen molar-refractivity contribution in [2.45, 2.75) is 38.8 Å². The van der Waals surface area contributed by atoms with Crippen LogP contribution in [0.1, 0.15) is 35.1 Å². The van der Waals surface area contributed by atoms with Crippen molar-refractivity contribution in [2.75, 3.05) is 52.4 Å². The quantitative estimate of drug-likeness (QED) is 0.321. The van der Waals surface area contributed by atoms with Gasteiger partial charge in [0.2, 0.25) is 0 Å². The molecular formula is C32H44N4O4. The lowest BCUT2D eigenvalue weighted by molar-refractivity contribution is -0.144. The van der Waals surface area contributed by atoms with Gasteiger partial charge in [0.25, 0.3) is 0 Å². The number of carboxylic acids is 2. The van der Waals surface area contributed by atoms with E-state index in [0.29, 0.717) is 12.8 Å². The third-order valence-electron chi connectivity index (χ3n) is 9.14. The molecule has 4 N–H and O–H groups in total. The lowest BCUT2D eigenvalue weighted by Crippen LogP contribution is -2.45. The molecule has 0 saturated carbocycles. The van der Waals surface area contributed by atoms with Crippen molar-refractivity contribution < 1.29 is 19.8 Å². The Morgan fingerprint density at radius 1 is 0.700 bits per heavy atom. The van der Waals surface area contributed by atoms with Crippen molar-refractivity contribution in [3.05, 3.63) is 70.8 Å². The molecule has 3 heterocycles. The maximum Gasteiger partial charge on any atom is 0.307 e. The molecule has 8 heteroatoms. The van der Waals surface area contributed by atoms with Crippen LogP contribution in [-0.2, 0) is 35.5 Å². The van der Waals surface area contributed by atoms with Gasteiger partial charge in [0.15, 0.2) is 0 Å². The summed E-state index contributed by atoms with van der Waals surface area (Å²) in [6, 6.07) is 17.0. The largest absolute Gasteiger partial charge is 0.481 e. The molecule has 2 aromatic carbocycles. The highest BCUT2D eigenvalue weighted by atomic mass is 16.4. The summed E-state index contributed by atoms with van der Waals surface area (Å²) in [5, 5.41) is 26.2. The van der Waals surface area contributed by atoms with E-state index < -0.39 is 11.9 Å². The van der Waals surface area contributed by atoms with E-state index in [1.165, 1.54) is 11.1 Å². The maximum atomic E-state index is 11.9. The first-order chi connectivity index (χ1) is 19.4. The van der Waals surface area contributed by atoms with Gasteiger partial charge in [0.05, 0.1) is 11.8 Å². The highest BCUT2D eigenvalue weighted by Crippen LogP contribution is 2.26. The molecule has 4 atom stereocenters. The number of carboxylic acid groups (broad SMARTS) is 2. The Hall–Kier alpha value is -2.78. The van der Waals surface area contributed by atoms with Crippen molar-refractivity contribution >= 4 is 11.9 Å². The molecule has 3 aliphatic heterocycles. The van der Waals surface area contributed by atoms with Crippen molar-refractivity contribution in [2.24, 2.45) is 23.7 Å². The summed E-state index contributed by atoms with van der Waals surface area (Å²) in [6.45, 7) is 9.15. The molecule has 0 bridgehead atoms. The molecule has 0 radical (unpaired) electrons. The average molecular weight is 549 g/mol. The Kier molecular flexibility index (Phi) is 9.86. The summed E-state index contributed by atoms with van der Waals surface area (Å²) in [7, 11) is 0. The maximum absolute atomic E-state index is 11.9.